The number of pyridine rings is 1. The zero-order valence-corrected chi connectivity index (χ0v) is 16.9. The highest BCUT2D eigenvalue weighted by Crippen LogP contribution is 2.52. The number of rotatable bonds is 5. The Morgan fingerprint density at radius 3 is 2.53 bits per heavy atom. The van der Waals surface area contributed by atoms with Crippen LogP contribution in [0.1, 0.15) is 54.7 Å². The van der Waals surface area contributed by atoms with Crippen LogP contribution in [0.5, 0.6) is 0 Å². The minimum Gasteiger partial charge on any atom is -0.363 e. The fourth-order valence-corrected chi connectivity index (χ4v) is 3.80. The summed E-state index contributed by atoms with van der Waals surface area (Å²) in [6.45, 7) is 10.8. The van der Waals surface area contributed by atoms with E-state index in [9.17, 15) is 13.2 Å². The molecule has 30 heavy (non-hydrogen) atoms. The molecular formula is C21H17ClF3N5. The molecule has 1 N–H and O–H groups in total. The van der Waals surface area contributed by atoms with Crippen LogP contribution in [0.15, 0.2) is 24.3 Å². The number of benzene rings is 1. The molecule has 9 heteroatoms. The van der Waals surface area contributed by atoms with Crippen molar-refractivity contribution in [2.24, 2.45) is 0 Å². The number of fused-ring (bicyclic) bond motifs is 1. The number of aryl methyl sites for hydroxylation is 1. The Hall–Kier alpha value is -2.92. The molecule has 2 heterocycles. The molecule has 1 saturated carbocycles. The van der Waals surface area contributed by atoms with Crippen LogP contribution in [0.3, 0.4) is 0 Å². The maximum atomic E-state index is 14.6. The summed E-state index contributed by atoms with van der Waals surface area (Å²) < 4.78 is 40.7. The summed E-state index contributed by atoms with van der Waals surface area (Å²) in [5, 5.41) is 3.85. The normalized spacial score (nSPS) is 15.8. The molecule has 1 aromatic carbocycles. The smallest absolute Gasteiger partial charge is 0.266 e. The Morgan fingerprint density at radius 1 is 1.20 bits per heavy atom. The molecule has 2 aromatic heterocycles. The topological polar surface area (TPSA) is 55.1 Å². The van der Waals surface area contributed by atoms with Crippen molar-refractivity contribution in [3.8, 4) is 0 Å². The summed E-state index contributed by atoms with van der Waals surface area (Å²) in [6.07, 6.45) is -1.52. The van der Waals surface area contributed by atoms with E-state index in [1.807, 2.05) is 0 Å². The SMILES string of the molecule is [C-]#[N+]C1(c2cc3c(N[C@H](C)c4cccc(C(F)F)c4F)nc(C)nc3nc2Cl)CC1. The lowest BCUT2D eigenvalue weighted by atomic mass is 10.0. The van der Waals surface area contributed by atoms with E-state index in [4.69, 9.17) is 18.2 Å². The van der Waals surface area contributed by atoms with Crippen molar-refractivity contribution in [1.29, 1.82) is 0 Å². The Kier molecular flexibility index (Phi) is 5.02. The number of hydrogen-bond donors (Lipinski definition) is 1. The summed E-state index contributed by atoms with van der Waals surface area (Å²) in [6, 6.07) is 5.01. The summed E-state index contributed by atoms with van der Waals surface area (Å²) in [7, 11) is 0. The van der Waals surface area contributed by atoms with Crippen LogP contribution in [0, 0.1) is 19.3 Å². The van der Waals surface area contributed by atoms with Gasteiger partial charge in [0, 0.05) is 18.4 Å². The first-order valence-corrected chi connectivity index (χ1v) is 9.70. The van der Waals surface area contributed by atoms with E-state index >= 15 is 0 Å². The van der Waals surface area contributed by atoms with Crippen LogP contribution in [-0.2, 0) is 5.54 Å². The van der Waals surface area contributed by atoms with Gasteiger partial charge in [-0.1, -0.05) is 29.8 Å². The van der Waals surface area contributed by atoms with E-state index < -0.39 is 29.4 Å². The van der Waals surface area contributed by atoms with Crippen LogP contribution in [0.25, 0.3) is 15.9 Å². The maximum Gasteiger partial charge on any atom is 0.266 e. The van der Waals surface area contributed by atoms with Crippen molar-refractivity contribution in [2.75, 3.05) is 5.32 Å². The van der Waals surface area contributed by atoms with Gasteiger partial charge in [0.15, 0.2) is 5.65 Å². The molecule has 1 aliphatic rings. The maximum absolute atomic E-state index is 14.6. The molecule has 5 nitrogen and oxygen atoms in total. The van der Waals surface area contributed by atoms with Crippen LogP contribution in [-0.4, -0.2) is 15.0 Å². The van der Waals surface area contributed by atoms with Crippen molar-refractivity contribution in [1.82, 2.24) is 15.0 Å². The fraction of sp³-hybridized carbons (Fsp3) is 0.333. The van der Waals surface area contributed by atoms with Crippen LogP contribution < -0.4 is 5.32 Å². The predicted molar refractivity (Wildman–Crippen MR) is 108 cm³/mol. The van der Waals surface area contributed by atoms with Gasteiger partial charge in [-0.15, -0.1) is 0 Å². The Bertz CT molecular complexity index is 1190. The minimum absolute atomic E-state index is 0.0965. The summed E-state index contributed by atoms with van der Waals surface area (Å²) in [5.41, 5.74) is -0.272. The first-order valence-electron chi connectivity index (χ1n) is 9.33. The first-order chi connectivity index (χ1) is 14.3. The molecule has 1 aliphatic carbocycles. The monoisotopic (exact) mass is 431 g/mol. The van der Waals surface area contributed by atoms with Gasteiger partial charge in [-0.3, -0.25) is 0 Å². The molecule has 0 amide bonds. The van der Waals surface area contributed by atoms with Crippen LogP contribution >= 0.6 is 11.6 Å². The van der Waals surface area contributed by atoms with Crippen molar-refractivity contribution >= 4 is 28.5 Å². The number of alkyl halides is 2. The average Bonchev–Trinajstić information content (AvgIpc) is 3.48. The van der Waals surface area contributed by atoms with Gasteiger partial charge in [-0.05, 0) is 19.9 Å². The average molecular weight is 432 g/mol. The number of nitrogens with one attached hydrogen (secondary N) is 1. The summed E-state index contributed by atoms with van der Waals surface area (Å²) in [5.74, 6) is -0.158. The Labute approximate surface area is 176 Å². The number of halogens is 4. The van der Waals surface area contributed by atoms with E-state index in [0.29, 0.717) is 41.1 Å². The van der Waals surface area contributed by atoms with E-state index in [1.54, 1.807) is 19.9 Å². The van der Waals surface area contributed by atoms with Crippen molar-refractivity contribution in [3.63, 3.8) is 0 Å². The predicted octanol–water partition coefficient (Wildman–Crippen LogP) is 6.14. The van der Waals surface area contributed by atoms with Gasteiger partial charge in [0.05, 0.1) is 22.6 Å². The quantitative estimate of drug-likeness (QED) is 0.389. The van der Waals surface area contributed by atoms with Gasteiger partial charge in [-0.2, -0.15) is 0 Å². The Morgan fingerprint density at radius 2 is 1.90 bits per heavy atom. The second kappa shape index (κ2) is 7.40. The minimum atomic E-state index is -2.91. The lowest BCUT2D eigenvalue weighted by Gasteiger charge is -2.19. The van der Waals surface area contributed by atoms with Crippen molar-refractivity contribution in [3.05, 3.63) is 69.2 Å². The second-order valence-corrected chi connectivity index (χ2v) is 7.74. The van der Waals surface area contributed by atoms with Crippen LogP contribution in [0.2, 0.25) is 5.15 Å². The highest BCUT2D eigenvalue weighted by atomic mass is 35.5. The molecule has 1 fully saturated rings. The van der Waals surface area contributed by atoms with E-state index in [-0.39, 0.29) is 10.7 Å². The number of nitrogens with zero attached hydrogens (tertiary/aromatic N) is 4. The van der Waals surface area contributed by atoms with Gasteiger partial charge in [-0.25, -0.2) is 34.7 Å². The van der Waals surface area contributed by atoms with E-state index in [2.05, 4.69) is 25.1 Å². The molecule has 154 valence electrons. The number of aromatic nitrogens is 3. The molecule has 0 aliphatic heterocycles. The third-order valence-corrected chi connectivity index (χ3v) is 5.59. The van der Waals surface area contributed by atoms with Gasteiger partial charge in [0.1, 0.15) is 22.6 Å². The number of hydrogen-bond acceptors (Lipinski definition) is 4. The molecule has 0 bridgehead atoms. The lowest BCUT2D eigenvalue weighted by molar-refractivity contribution is 0.146. The lowest BCUT2D eigenvalue weighted by Crippen LogP contribution is -2.13. The van der Waals surface area contributed by atoms with Gasteiger partial charge in [0.25, 0.3) is 12.0 Å². The zero-order valence-electron chi connectivity index (χ0n) is 16.2. The molecule has 1 atom stereocenters. The van der Waals surface area contributed by atoms with Gasteiger partial charge >= 0.3 is 0 Å². The molecule has 0 spiro atoms. The molecule has 0 unspecified atom stereocenters. The molecule has 0 radical (unpaired) electrons. The molecular weight excluding hydrogens is 415 g/mol. The van der Waals surface area contributed by atoms with Crippen molar-refractivity contribution in [2.45, 2.75) is 44.7 Å². The second-order valence-electron chi connectivity index (χ2n) is 7.38. The van der Waals surface area contributed by atoms with Gasteiger partial charge < -0.3 is 10.2 Å². The highest BCUT2D eigenvalue weighted by Gasteiger charge is 2.54. The van der Waals surface area contributed by atoms with Crippen LogP contribution in [0.4, 0.5) is 19.0 Å². The fourth-order valence-electron chi connectivity index (χ4n) is 3.49. The van der Waals surface area contributed by atoms with E-state index in [1.165, 1.54) is 12.1 Å². The van der Waals surface area contributed by atoms with Gasteiger partial charge in [0.2, 0.25) is 0 Å². The Balaban J connectivity index is 1.78. The highest BCUT2D eigenvalue weighted by molar-refractivity contribution is 6.30. The third-order valence-electron chi connectivity index (χ3n) is 5.30. The third kappa shape index (κ3) is 3.43. The standard InChI is InChI=1S/C21H17ClF3N5/c1-10(12-5-4-6-13(16(12)23)18(24)25)27-19-14-9-15(21(26-3)7-8-21)17(22)30-20(14)29-11(2)28-19/h4-6,9-10,18H,7-8H2,1-2H3,(H,27,28,29,30)/t10-/m1/s1. The zero-order chi connectivity index (χ0) is 21.6. The molecule has 4 rings (SSSR count). The van der Waals surface area contributed by atoms with E-state index in [0.717, 1.165) is 6.07 Å². The molecule has 0 saturated heterocycles. The summed E-state index contributed by atoms with van der Waals surface area (Å²) in [4.78, 5) is 16.8. The number of anilines is 1. The summed E-state index contributed by atoms with van der Waals surface area (Å²) >= 11 is 6.32. The molecule has 3 aromatic rings. The largest absolute Gasteiger partial charge is 0.363 e. The first kappa shape index (κ1) is 20.4. The van der Waals surface area contributed by atoms with Crippen molar-refractivity contribution < 1.29 is 13.2 Å².